The Morgan fingerprint density at radius 1 is 0.923 bits per heavy atom. The van der Waals surface area contributed by atoms with Gasteiger partial charge in [0.25, 0.3) is 11.8 Å². The molecule has 4 rings (SSSR count). The van der Waals surface area contributed by atoms with Crippen molar-refractivity contribution < 1.29 is 19.1 Å². The van der Waals surface area contributed by atoms with Crippen LogP contribution >= 0.6 is 0 Å². The number of carbonyl (C=O) groups excluding carboxylic acids is 2. The number of ether oxygens (including phenoxy) is 2. The molecule has 2 N–H and O–H groups in total. The molecule has 0 bridgehead atoms. The van der Waals surface area contributed by atoms with Gasteiger partial charge in [0.15, 0.2) is 11.5 Å². The van der Waals surface area contributed by atoms with E-state index < -0.39 is 11.8 Å². The zero-order chi connectivity index (χ0) is 17.9. The minimum absolute atomic E-state index is 0.123. The van der Waals surface area contributed by atoms with Gasteiger partial charge in [-0.15, -0.1) is 5.10 Å². The Labute approximate surface area is 146 Å². The summed E-state index contributed by atoms with van der Waals surface area (Å²) in [6.45, 7) is 0.123. The van der Waals surface area contributed by atoms with Gasteiger partial charge >= 0.3 is 0 Å². The number of benzene rings is 2. The molecule has 0 aliphatic carbocycles. The Kier molecular flexibility index (Phi) is 3.90. The summed E-state index contributed by atoms with van der Waals surface area (Å²) in [7, 11) is 0. The van der Waals surface area contributed by atoms with E-state index in [0.29, 0.717) is 28.3 Å². The minimum atomic E-state index is -0.470. The van der Waals surface area contributed by atoms with Crippen LogP contribution in [0.2, 0.25) is 0 Å². The fraction of sp³-hybridized carbons (Fsp3) is 0.0625. The number of nitrogens with one attached hydrogen (secondary N) is 2. The monoisotopic (exact) mass is 352 g/mol. The van der Waals surface area contributed by atoms with Crippen LogP contribution in [0.5, 0.6) is 11.5 Å². The molecule has 0 atom stereocenters. The van der Waals surface area contributed by atoms with Crippen LogP contribution in [0, 0.1) is 0 Å². The highest BCUT2D eigenvalue weighted by molar-refractivity contribution is 5.99. The van der Waals surface area contributed by atoms with E-state index in [4.69, 9.17) is 9.47 Å². The van der Waals surface area contributed by atoms with Crippen LogP contribution in [-0.4, -0.2) is 38.8 Å². The Bertz CT molecular complexity index is 955. The SMILES string of the molecule is O=C(NNC(=O)c1ccc2c(c1)OCO2)c1ccc(-n2cnnn2)cc1. The largest absolute Gasteiger partial charge is 0.454 e. The summed E-state index contributed by atoms with van der Waals surface area (Å²) in [6, 6.07) is 11.3. The number of amides is 2. The topological polar surface area (TPSA) is 120 Å². The summed E-state index contributed by atoms with van der Waals surface area (Å²) in [5.74, 6) is 0.139. The number of nitrogens with zero attached hydrogens (tertiary/aromatic N) is 4. The summed E-state index contributed by atoms with van der Waals surface area (Å²) in [4.78, 5) is 24.3. The van der Waals surface area contributed by atoms with E-state index in [-0.39, 0.29) is 6.79 Å². The predicted molar refractivity (Wildman–Crippen MR) is 86.7 cm³/mol. The van der Waals surface area contributed by atoms with Gasteiger partial charge in [-0.3, -0.25) is 20.4 Å². The molecule has 2 heterocycles. The third-order valence-corrected chi connectivity index (χ3v) is 3.67. The molecule has 2 amide bonds. The highest BCUT2D eigenvalue weighted by atomic mass is 16.7. The molecule has 2 aromatic carbocycles. The molecule has 26 heavy (non-hydrogen) atoms. The van der Waals surface area contributed by atoms with Crippen molar-refractivity contribution >= 4 is 11.8 Å². The van der Waals surface area contributed by atoms with Gasteiger partial charge in [0.1, 0.15) is 6.33 Å². The molecule has 1 aliphatic rings. The summed E-state index contributed by atoms with van der Waals surface area (Å²) in [6.07, 6.45) is 1.45. The van der Waals surface area contributed by atoms with E-state index in [1.54, 1.807) is 42.5 Å². The van der Waals surface area contributed by atoms with E-state index in [1.807, 2.05) is 0 Å². The second-order valence-electron chi connectivity index (χ2n) is 5.28. The summed E-state index contributed by atoms with van der Waals surface area (Å²) in [5.41, 5.74) is 6.13. The van der Waals surface area contributed by atoms with Crippen molar-refractivity contribution in [2.45, 2.75) is 0 Å². The first kappa shape index (κ1) is 15.6. The smallest absolute Gasteiger partial charge is 0.269 e. The fourth-order valence-corrected chi connectivity index (χ4v) is 2.34. The van der Waals surface area contributed by atoms with E-state index in [2.05, 4.69) is 26.4 Å². The van der Waals surface area contributed by atoms with Crippen LogP contribution in [0.4, 0.5) is 0 Å². The number of hydrogen-bond acceptors (Lipinski definition) is 7. The average molecular weight is 352 g/mol. The highest BCUT2D eigenvalue weighted by Crippen LogP contribution is 2.32. The second kappa shape index (κ2) is 6.51. The molecule has 0 saturated heterocycles. The number of carbonyl (C=O) groups is 2. The van der Waals surface area contributed by atoms with Gasteiger partial charge in [-0.1, -0.05) is 0 Å². The van der Waals surface area contributed by atoms with Crippen molar-refractivity contribution in [2.75, 3.05) is 6.79 Å². The predicted octanol–water partition coefficient (Wildman–Crippen LogP) is 0.466. The van der Waals surface area contributed by atoms with Crippen LogP contribution in [0.25, 0.3) is 5.69 Å². The average Bonchev–Trinajstić information content (AvgIpc) is 3.37. The molecule has 0 radical (unpaired) electrons. The molecule has 10 heteroatoms. The number of hydrogen-bond donors (Lipinski definition) is 2. The molecule has 1 aliphatic heterocycles. The molecular formula is C16H12N6O4. The van der Waals surface area contributed by atoms with Crippen LogP contribution < -0.4 is 20.3 Å². The lowest BCUT2D eigenvalue weighted by Crippen LogP contribution is -2.41. The Morgan fingerprint density at radius 2 is 1.62 bits per heavy atom. The molecule has 130 valence electrons. The van der Waals surface area contributed by atoms with Gasteiger partial charge in [0.05, 0.1) is 5.69 Å². The van der Waals surface area contributed by atoms with Crippen molar-refractivity contribution in [3.63, 3.8) is 0 Å². The van der Waals surface area contributed by atoms with Crippen LogP contribution in [0.15, 0.2) is 48.8 Å². The molecule has 0 saturated carbocycles. The van der Waals surface area contributed by atoms with Crippen molar-refractivity contribution in [2.24, 2.45) is 0 Å². The quantitative estimate of drug-likeness (QED) is 0.657. The van der Waals surface area contributed by atoms with Crippen molar-refractivity contribution in [3.8, 4) is 17.2 Å². The number of rotatable bonds is 3. The molecule has 3 aromatic rings. The van der Waals surface area contributed by atoms with Gasteiger partial charge in [0, 0.05) is 11.1 Å². The molecule has 0 fully saturated rings. The van der Waals surface area contributed by atoms with Crippen molar-refractivity contribution in [3.05, 3.63) is 59.9 Å². The van der Waals surface area contributed by atoms with Gasteiger partial charge in [-0.25, -0.2) is 4.68 Å². The first-order chi connectivity index (χ1) is 12.7. The summed E-state index contributed by atoms with van der Waals surface area (Å²) in [5, 5.41) is 10.8. The van der Waals surface area contributed by atoms with Gasteiger partial charge in [0.2, 0.25) is 6.79 Å². The lowest BCUT2D eigenvalue weighted by atomic mass is 10.2. The van der Waals surface area contributed by atoms with E-state index in [9.17, 15) is 9.59 Å². The maximum absolute atomic E-state index is 12.1. The fourth-order valence-electron chi connectivity index (χ4n) is 2.34. The first-order valence-electron chi connectivity index (χ1n) is 7.54. The minimum Gasteiger partial charge on any atom is -0.454 e. The first-order valence-corrected chi connectivity index (χ1v) is 7.54. The van der Waals surface area contributed by atoms with Gasteiger partial charge in [-0.05, 0) is 52.9 Å². The molecular weight excluding hydrogens is 340 g/mol. The van der Waals surface area contributed by atoms with E-state index >= 15 is 0 Å². The number of hydrazine groups is 1. The molecule has 1 aromatic heterocycles. The maximum Gasteiger partial charge on any atom is 0.269 e. The molecule has 0 unspecified atom stereocenters. The molecule has 0 spiro atoms. The third-order valence-electron chi connectivity index (χ3n) is 3.67. The Balaban J connectivity index is 1.38. The maximum atomic E-state index is 12.1. The lowest BCUT2D eigenvalue weighted by Gasteiger charge is -2.08. The highest BCUT2D eigenvalue weighted by Gasteiger charge is 2.16. The van der Waals surface area contributed by atoms with Gasteiger partial charge in [-0.2, -0.15) is 0 Å². The Hall–Kier alpha value is -3.95. The van der Waals surface area contributed by atoms with Gasteiger partial charge < -0.3 is 9.47 Å². The zero-order valence-corrected chi connectivity index (χ0v) is 13.2. The zero-order valence-electron chi connectivity index (χ0n) is 13.2. The van der Waals surface area contributed by atoms with Crippen LogP contribution in [-0.2, 0) is 0 Å². The lowest BCUT2D eigenvalue weighted by molar-refractivity contribution is 0.0846. The van der Waals surface area contributed by atoms with Crippen molar-refractivity contribution in [1.82, 2.24) is 31.1 Å². The second-order valence-corrected chi connectivity index (χ2v) is 5.28. The number of tetrazole rings is 1. The van der Waals surface area contributed by atoms with E-state index in [1.165, 1.54) is 11.0 Å². The molecule has 10 nitrogen and oxygen atoms in total. The van der Waals surface area contributed by atoms with Crippen LogP contribution in [0.1, 0.15) is 20.7 Å². The number of aromatic nitrogens is 4. The standard InChI is InChI=1S/C16H12N6O4/c23-15(10-1-4-12(5-2-10)22-8-17-20-21-22)18-19-16(24)11-3-6-13-14(7-11)26-9-25-13/h1-8H,9H2,(H,18,23)(H,19,24). The van der Waals surface area contributed by atoms with E-state index in [0.717, 1.165) is 0 Å². The summed E-state index contributed by atoms with van der Waals surface area (Å²) >= 11 is 0. The third kappa shape index (κ3) is 3.02. The normalized spacial score (nSPS) is 11.8. The van der Waals surface area contributed by atoms with Crippen LogP contribution in [0.3, 0.4) is 0 Å². The number of fused-ring (bicyclic) bond motifs is 1. The summed E-state index contributed by atoms with van der Waals surface area (Å²) < 4.78 is 11.9. The van der Waals surface area contributed by atoms with Crippen molar-refractivity contribution in [1.29, 1.82) is 0 Å². The Morgan fingerprint density at radius 3 is 2.35 bits per heavy atom.